The molecule has 0 aromatic heterocycles. The van der Waals surface area contributed by atoms with Gasteiger partial charge in [0.15, 0.2) is 0 Å². The molecule has 3 heteroatoms. The van der Waals surface area contributed by atoms with Crippen LogP contribution in [0.5, 0.6) is 0 Å². The van der Waals surface area contributed by atoms with Gasteiger partial charge in [0.05, 0.1) is 6.07 Å². The Bertz CT molecular complexity index is 330. The van der Waals surface area contributed by atoms with Crippen molar-refractivity contribution in [2.45, 2.75) is 25.8 Å². The first kappa shape index (κ1) is 11.1. The first-order chi connectivity index (χ1) is 6.77. The van der Waals surface area contributed by atoms with Gasteiger partial charge in [-0.25, -0.2) is 0 Å². The molecule has 1 unspecified atom stereocenters. The van der Waals surface area contributed by atoms with Crippen molar-refractivity contribution in [2.24, 2.45) is 0 Å². The highest BCUT2D eigenvalue weighted by molar-refractivity contribution is 9.10. The molecule has 0 saturated heterocycles. The normalized spacial score (nSPS) is 11.8. The van der Waals surface area contributed by atoms with E-state index < -0.39 is 0 Å². The van der Waals surface area contributed by atoms with Gasteiger partial charge in [-0.05, 0) is 34.5 Å². The summed E-state index contributed by atoms with van der Waals surface area (Å²) in [6.45, 7) is 2.08. The van der Waals surface area contributed by atoms with Gasteiger partial charge in [-0.2, -0.15) is 5.26 Å². The predicted octanol–water partition coefficient (Wildman–Crippen LogP) is 3.55. The van der Waals surface area contributed by atoms with Crippen molar-refractivity contribution >= 4 is 21.6 Å². The van der Waals surface area contributed by atoms with E-state index in [-0.39, 0.29) is 6.04 Å². The van der Waals surface area contributed by atoms with Gasteiger partial charge in [-0.1, -0.05) is 25.5 Å². The van der Waals surface area contributed by atoms with Crippen molar-refractivity contribution in [3.63, 3.8) is 0 Å². The van der Waals surface area contributed by atoms with Crippen LogP contribution in [0.2, 0.25) is 0 Å². The zero-order valence-corrected chi connectivity index (χ0v) is 9.71. The van der Waals surface area contributed by atoms with E-state index in [1.165, 1.54) is 0 Å². The van der Waals surface area contributed by atoms with Gasteiger partial charge in [0.1, 0.15) is 6.04 Å². The van der Waals surface area contributed by atoms with Crippen LogP contribution >= 0.6 is 15.9 Å². The molecule has 2 nitrogen and oxygen atoms in total. The van der Waals surface area contributed by atoms with Crippen molar-refractivity contribution in [2.75, 3.05) is 5.32 Å². The van der Waals surface area contributed by atoms with Crippen molar-refractivity contribution in [1.29, 1.82) is 5.26 Å². The van der Waals surface area contributed by atoms with Crippen LogP contribution < -0.4 is 5.32 Å². The van der Waals surface area contributed by atoms with E-state index in [1.54, 1.807) is 0 Å². The van der Waals surface area contributed by atoms with Crippen LogP contribution in [0.3, 0.4) is 0 Å². The lowest BCUT2D eigenvalue weighted by atomic mass is 10.2. The fourth-order valence-corrected chi connectivity index (χ4v) is 1.62. The lowest BCUT2D eigenvalue weighted by molar-refractivity contribution is 0.748. The third-order valence-corrected chi connectivity index (χ3v) is 2.63. The second kappa shape index (κ2) is 5.66. The molecule has 0 aliphatic carbocycles. The first-order valence-electron chi connectivity index (χ1n) is 4.68. The topological polar surface area (TPSA) is 35.8 Å². The minimum absolute atomic E-state index is 0.0984. The van der Waals surface area contributed by atoms with Gasteiger partial charge in [0, 0.05) is 10.2 Å². The van der Waals surface area contributed by atoms with Crippen LogP contribution in [-0.2, 0) is 0 Å². The van der Waals surface area contributed by atoms with E-state index >= 15 is 0 Å². The van der Waals surface area contributed by atoms with Gasteiger partial charge >= 0.3 is 0 Å². The fraction of sp³-hybridized carbons (Fsp3) is 0.364. The average Bonchev–Trinajstić information content (AvgIpc) is 2.20. The molecule has 1 N–H and O–H groups in total. The van der Waals surface area contributed by atoms with E-state index in [0.29, 0.717) is 0 Å². The summed E-state index contributed by atoms with van der Waals surface area (Å²) in [5.74, 6) is 0. The second-order valence-corrected chi connectivity index (χ2v) is 3.95. The molecule has 0 amide bonds. The molecule has 0 spiro atoms. The van der Waals surface area contributed by atoms with Gasteiger partial charge in [-0.3, -0.25) is 0 Å². The standard InChI is InChI=1S/C11H13BrN2/c1-2-5-9(8-13)14-11-7-4-3-6-10(11)12/h3-4,6-7,9,14H,2,5H2,1H3. The monoisotopic (exact) mass is 252 g/mol. The zero-order valence-electron chi connectivity index (χ0n) is 8.13. The Morgan fingerprint density at radius 2 is 2.21 bits per heavy atom. The molecule has 0 heterocycles. The van der Waals surface area contributed by atoms with Gasteiger partial charge in [-0.15, -0.1) is 0 Å². The van der Waals surface area contributed by atoms with E-state index in [0.717, 1.165) is 23.0 Å². The Balaban J connectivity index is 2.68. The minimum atomic E-state index is -0.0984. The Kier molecular flexibility index (Phi) is 4.48. The summed E-state index contributed by atoms with van der Waals surface area (Å²) < 4.78 is 0.997. The Morgan fingerprint density at radius 1 is 1.50 bits per heavy atom. The SMILES string of the molecule is CCCC(C#N)Nc1ccccc1Br. The van der Waals surface area contributed by atoms with Crippen molar-refractivity contribution in [3.8, 4) is 6.07 Å². The summed E-state index contributed by atoms with van der Waals surface area (Å²) in [5, 5.41) is 12.1. The summed E-state index contributed by atoms with van der Waals surface area (Å²) >= 11 is 3.43. The van der Waals surface area contributed by atoms with Crippen LogP contribution in [0.1, 0.15) is 19.8 Å². The molecule has 1 atom stereocenters. The van der Waals surface area contributed by atoms with Gasteiger partial charge < -0.3 is 5.32 Å². The maximum atomic E-state index is 8.88. The largest absolute Gasteiger partial charge is 0.369 e. The molecule has 0 radical (unpaired) electrons. The molecule has 74 valence electrons. The molecule has 0 bridgehead atoms. The molecular weight excluding hydrogens is 240 g/mol. The third kappa shape index (κ3) is 3.04. The summed E-state index contributed by atoms with van der Waals surface area (Å²) in [7, 11) is 0. The summed E-state index contributed by atoms with van der Waals surface area (Å²) in [6.07, 6.45) is 1.88. The predicted molar refractivity (Wildman–Crippen MR) is 62.1 cm³/mol. The van der Waals surface area contributed by atoms with E-state index in [4.69, 9.17) is 5.26 Å². The number of para-hydroxylation sites is 1. The highest BCUT2D eigenvalue weighted by Gasteiger charge is 2.06. The van der Waals surface area contributed by atoms with Gasteiger partial charge in [0.2, 0.25) is 0 Å². The lowest BCUT2D eigenvalue weighted by Gasteiger charge is -2.12. The quantitative estimate of drug-likeness (QED) is 0.890. The maximum absolute atomic E-state index is 8.88. The molecule has 0 fully saturated rings. The van der Waals surface area contributed by atoms with E-state index in [2.05, 4.69) is 34.2 Å². The second-order valence-electron chi connectivity index (χ2n) is 3.09. The first-order valence-corrected chi connectivity index (χ1v) is 5.48. The lowest BCUT2D eigenvalue weighted by Crippen LogP contribution is -2.16. The smallest absolute Gasteiger partial charge is 0.114 e. The highest BCUT2D eigenvalue weighted by Crippen LogP contribution is 2.22. The van der Waals surface area contributed by atoms with Crippen LogP contribution in [-0.4, -0.2) is 6.04 Å². The van der Waals surface area contributed by atoms with E-state index in [9.17, 15) is 0 Å². The number of rotatable bonds is 4. The van der Waals surface area contributed by atoms with Crippen molar-refractivity contribution in [3.05, 3.63) is 28.7 Å². The number of nitrogens with one attached hydrogen (secondary N) is 1. The molecular formula is C11H13BrN2. The molecule has 0 aliphatic heterocycles. The van der Waals surface area contributed by atoms with Crippen LogP contribution in [0, 0.1) is 11.3 Å². The summed E-state index contributed by atoms with van der Waals surface area (Å²) in [6, 6.07) is 9.98. The number of nitrogens with zero attached hydrogens (tertiary/aromatic N) is 1. The highest BCUT2D eigenvalue weighted by atomic mass is 79.9. The van der Waals surface area contributed by atoms with Crippen LogP contribution in [0.15, 0.2) is 28.7 Å². The number of halogens is 1. The Labute approximate surface area is 93.1 Å². The number of nitriles is 1. The van der Waals surface area contributed by atoms with Crippen LogP contribution in [0.25, 0.3) is 0 Å². The van der Waals surface area contributed by atoms with E-state index in [1.807, 2.05) is 24.3 Å². The average molecular weight is 253 g/mol. The molecule has 0 saturated carbocycles. The fourth-order valence-electron chi connectivity index (χ4n) is 1.22. The number of hydrogen-bond donors (Lipinski definition) is 1. The molecule has 0 aliphatic rings. The maximum Gasteiger partial charge on any atom is 0.114 e. The minimum Gasteiger partial charge on any atom is -0.369 e. The third-order valence-electron chi connectivity index (χ3n) is 1.94. The molecule has 1 rings (SSSR count). The zero-order chi connectivity index (χ0) is 10.4. The van der Waals surface area contributed by atoms with Crippen LogP contribution in [0.4, 0.5) is 5.69 Å². The molecule has 14 heavy (non-hydrogen) atoms. The number of benzene rings is 1. The Morgan fingerprint density at radius 3 is 2.79 bits per heavy atom. The molecule has 1 aromatic carbocycles. The number of anilines is 1. The van der Waals surface area contributed by atoms with Crippen molar-refractivity contribution in [1.82, 2.24) is 0 Å². The Hall–Kier alpha value is -1.01. The van der Waals surface area contributed by atoms with Crippen molar-refractivity contribution < 1.29 is 0 Å². The van der Waals surface area contributed by atoms with Gasteiger partial charge in [0.25, 0.3) is 0 Å². The number of hydrogen-bond acceptors (Lipinski definition) is 2. The summed E-state index contributed by atoms with van der Waals surface area (Å²) in [4.78, 5) is 0. The molecule has 1 aromatic rings. The summed E-state index contributed by atoms with van der Waals surface area (Å²) in [5.41, 5.74) is 0.979.